The fraction of sp³-hybridized carbons (Fsp3) is 0.318. The Balaban J connectivity index is 2.00. The molecule has 3 rings (SSSR count). The van der Waals surface area contributed by atoms with Crippen molar-refractivity contribution in [3.05, 3.63) is 70.3 Å². The zero-order chi connectivity index (χ0) is 20.1. The summed E-state index contributed by atoms with van der Waals surface area (Å²) < 4.78 is 6.67. The first-order chi connectivity index (χ1) is 13.6. The maximum atomic E-state index is 13.2. The summed E-state index contributed by atoms with van der Waals surface area (Å²) in [6.07, 6.45) is 3.03. The molecule has 1 heterocycles. The summed E-state index contributed by atoms with van der Waals surface area (Å²) in [7, 11) is 1.56. The summed E-state index contributed by atoms with van der Waals surface area (Å²) in [4.78, 5) is 31.9. The molecule has 6 nitrogen and oxygen atoms in total. The van der Waals surface area contributed by atoms with E-state index in [1.54, 1.807) is 30.2 Å². The monoisotopic (exact) mass is 379 g/mol. The Labute approximate surface area is 164 Å². The molecule has 0 bridgehead atoms. The van der Waals surface area contributed by atoms with Gasteiger partial charge in [0, 0.05) is 7.11 Å². The minimum absolute atomic E-state index is 0.0960. The molecule has 0 N–H and O–H groups in total. The van der Waals surface area contributed by atoms with Crippen LogP contribution < -0.4 is 10.5 Å². The molecule has 0 aliphatic carbocycles. The van der Waals surface area contributed by atoms with Gasteiger partial charge in [-0.1, -0.05) is 44.2 Å². The lowest BCUT2D eigenvalue weighted by Gasteiger charge is -2.27. The van der Waals surface area contributed by atoms with Crippen LogP contribution in [0.1, 0.15) is 25.0 Å². The lowest BCUT2D eigenvalue weighted by molar-refractivity contribution is -0.120. The minimum atomic E-state index is -0.226. The minimum Gasteiger partial charge on any atom is -0.364 e. The van der Waals surface area contributed by atoms with Crippen LogP contribution in [-0.4, -0.2) is 29.3 Å². The van der Waals surface area contributed by atoms with Crippen LogP contribution in [-0.2, 0) is 28.9 Å². The van der Waals surface area contributed by atoms with Crippen molar-refractivity contribution in [2.45, 2.75) is 33.2 Å². The number of aryl methyl sites for hydroxylation is 2. The van der Waals surface area contributed by atoms with E-state index in [1.165, 1.54) is 10.9 Å². The summed E-state index contributed by atoms with van der Waals surface area (Å²) in [6.45, 7) is 4.15. The number of hydrogen-bond acceptors (Lipinski definition) is 4. The van der Waals surface area contributed by atoms with E-state index in [0.717, 1.165) is 29.7 Å². The van der Waals surface area contributed by atoms with Crippen molar-refractivity contribution in [3.8, 4) is 0 Å². The number of ether oxygens (including phenoxy) is 1. The number of methoxy groups -OCH3 is 1. The van der Waals surface area contributed by atoms with E-state index in [9.17, 15) is 9.59 Å². The highest BCUT2D eigenvalue weighted by molar-refractivity contribution is 5.95. The summed E-state index contributed by atoms with van der Waals surface area (Å²) in [5.74, 6) is -0.211. The Kier molecular flexibility index (Phi) is 6.21. The maximum absolute atomic E-state index is 13.2. The predicted octanol–water partition coefficient (Wildman–Crippen LogP) is 3.16. The van der Waals surface area contributed by atoms with Crippen molar-refractivity contribution < 1.29 is 9.53 Å². The van der Waals surface area contributed by atoms with Crippen LogP contribution in [0.2, 0.25) is 0 Å². The van der Waals surface area contributed by atoms with Gasteiger partial charge in [-0.2, -0.15) is 0 Å². The van der Waals surface area contributed by atoms with Gasteiger partial charge < -0.3 is 4.74 Å². The van der Waals surface area contributed by atoms with E-state index in [0.29, 0.717) is 10.9 Å². The molecule has 0 spiro atoms. The van der Waals surface area contributed by atoms with Crippen LogP contribution in [0, 0.1) is 0 Å². The first-order valence-electron chi connectivity index (χ1n) is 9.44. The Morgan fingerprint density at radius 2 is 1.75 bits per heavy atom. The molecule has 2 aromatic carbocycles. The molecule has 0 atom stereocenters. The highest BCUT2D eigenvalue weighted by atomic mass is 16.5. The van der Waals surface area contributed by atoms with Gasteiger partial charge in [-0.25, -0.2) is 4.98 Å². The van der Waals surface area contributed by atoms with Gasteiger partial charge in [-0.3, -0.25) is 19.1 Å². The number of fused-ring (bicyclic) bond motifs is 1. The van der Waals surface area contributed by atoms with Crippen LogP contribution in [0.3, 0.4) is 0 Å². The Morgan fingerprint density at radius 3 is 2.39 bits per heavy atom. The largest absolute Gasteiger partial charge is 0.364 e. The molecule has 0 saturated carbocycles. The van der Waals surface area contributed by atoms with Gasteiger partial charge in [0.1, 0.15) is 13.3 Å². The second kappa shape index (κ2) is 8.80. The fourth-order valence-electron chi connectivity index (χ4n) is 3.40. The van der Waals surface area contributed by atoms with Gasteiger partial charge in [0.25, 0.3) is 5.56 Å². The van der Waals surface area contributed by atoms with Crippen molar-refractivity contribution in [1.29, 1.82) is 0 Å². The van der Waals surface area contributed by atoms with Crippen molar-refractivity contribution >= 4 is 22.5 Å². The van der Waals surface area contributed by atoms with E-state index in [2.05, 4.69) is 18.8 Å². The van der Waals surface area contributed by atoms with E-state index in [1.807, 2.05) is 24.3 Å². The van der Waals surface area contributed by atoms with E-state index in [4.69, 9.17) is 4.74 Å². The standard InChI is InChI=1S/C22H25N3O3/c1-4-16-9-8-10-17(5-2)21(16)25(15-28-3)20(26)13-24-14-23-19-12-7-6-11-18(19)22(24)27/h6-12,14H,4-5,13,15H2,1-3H3. The SMILES string of the molecule is CCc1cccc(CC)c1N(COC)C(=O)Cn1cnc2ccccc2c1=O. The van der Waals surface area contributed by atoms with E-state index < -0.39 is 0 Å². The number of benzene rings is 2. The number of rotatable bonds is 7. The molecule has 0 radical (unpaired) electrons. The number of hydrogen-bond donors (Lipinski definition) is 0. The van der Waals surface area contributed by atoms with Crippen LogP contribution in [0.25, 0.3) is 10.9 Å². The molecule has 3 aromatic rings. The van der Waals surface area contributed by atoms with Crippen molar-refractivity contribution in [1.82, 2.24) is 9.55 Å². The predicted molar refractivity (Wildman–Crippen MR) is 111 cm³/mol. The Bertz CT molecular complexity index is 1020. The van der Waals surface area contributed by atoms with Crippen LogP contribution >= 0.6 is 0 Å². The van der Waals surface area contributed by atoms with Crippen molar-refractivity contribution in [2.75, 3.05) is 18.7 Å². The summed E-state index contributed by atoms with van der Waals surface area (Å²) in [5.41, 5.74) is 3.42. The number of anilines is 1. The fourth-order valence-corrected chi connectivity index (χ4v) is 3.40. The quantitative estimate of drug-likeness (QED) is 0.592. The molecule has 1 amide bonds. The number of carbonyl (C=O) groups excluding carboxylic acids is 1. The average Bonchev–Trinajstić information content (AvgIpc) is 2.73. The van der Waals surface area contributed by atoms with E-state index >= 15 is 0 Å². The smallest absolute Gasteiger partial charge is 0.261 e. The summed E-state index contributed by atoms with van der Waals surface area (Å²) in [6, 6.07) is 13.2. The highest BCUT2D eigenvalue weighted by Crippen LogP contribution is 2.27. The molecular formula is C22H25N3O3. The molecule has 0 unspecified atom stereocenters. The van der Waals surface area contributed by atoms with Gasteiger partial charge in [-0.15, -0.1) is 0 Å². The van der Waals surface area contributed by atoms with E-state index in [-0.39, 0.29) is 24.7 Å². The molecular weight excluding hydrogens is 354 g/mol. The number of carbonyl (C=O) groups is 1. The Morgan fingerprint density at radius 1 is 1.07 bits per heavy atom. The second-order valence-corrected chi connectivity index (χ2v) is 6.57. The third-order valence-corrected chi connectivity index (χ3v) is 4.83. The van der Waals surface area contributed by atoms with Crippen molar-refractivity contribution in [2.24, 2.45) is 0 Å². The summed E-state index contributed by atoms with van der Waals surface area (Å²) >= 11 is 0. The lowest BCUT2D eigenvalue weighted by atomic mass is 10.0. The molecule has 1 aromatic heterocycles. The molecule has 0 aliphatic rings. The number of nitrogens with zero attached hydrogens (tertiary/aromatic N) is 3. The molecule has 0 aliphatic heterocycles. The molecule has 0 saturated heterocycles. The Hall–Kier alpha value is -2.99. The van der Waals surface area contributed by atoms with Crippen LogP contribution in [0.4, 0.5) is 5.69 Å². The van der Waals surface area contributed by atoms with Crippen LogP contribution in [0.5, 0.6) is 0 Å². The van der Waals surface area contributed by atoms with Gasteiger partial charge in [0.05, 0.1) is 22.9 Å². The van der Waals surface area contributed by atoms with Crippen molar-refractivity contribution in [3.63, 3.8) is 0 Å². The average molecular weight is 379 g/mol. The van der Waals surface area contributed by atoms with Gasteiger partial charge in [-0.05, 0) is 36.1 Å². The van der Waals surface area contributed by atoms with Gasteiger partial charge >= 0.3 is 0 Å². The van der Waals surface area contributed by atoms with Crippen LogP contribution in [0.15, 0.2) is 53.6 Å². The normalized spacial score (nSPS) is 11.0. The summed E-state index contributed by atoms with van der Waals surface area (Å²) in [5, 5.41) is 0.499. The molecule has 146 valence electrons. The number of amides is 1. The third kappa shape index (κ3) is 3.82. The zero-order valence-corrected chi connectivity index (χ0v) is 16.5. The third-order valence-electron chi connectivity index (χ3n) is 4.83. The highest BCUT2D eigenvalue weighted by Gasteiger charge is 2.22. The number of para-hydroxylation sites is 2. The first kappa shape index (κ1) is 19.8. The molecule has 0 fully saturated rings. The number of aromatic nitrogens is 2. The van der Waals surface area contributed by atoms with Gasteiger partial charge in [0.15, 0.2) is 0 Å². The lowest BCUT2D eigenvalue weighted by Crippen LogP contribution is -2.39. The maximum Gasteiger partial charge on any atom is 0.261 e. The first-order valence-corrected chi connectivity index (χ1v) is 9.44. The molecule has 28 heavy (non-hydrogen) atoms. The second-order valence-electron chi connectivity index (χ2n) is 6.57. The molecule has 6 heteroatoms. The zero-order valence-electron chi connectivity index (χ0n) is 16.5. The van der Waals surface area contributed by atoms with Gasteiger partial charge in [0.2, 0.25) is 5.91 Å². The topological polar surface area (TPSA) is 64.4 Å².